The minimum absolute atomic E-state index is 0.572. The quantitative estimate of drug-likeness (QED) is 0.854. The maximum atomic E-state index is 6.24. The average Bonchev–Trinajstić information content (AvgIpc) is 3.36. The first kappa shape index (κ1) is 16.0. The van der Waals surface area contributed by atoms with Crippen molar-refractivity contribution in [2.75, 3.05) is 43.9 Å². The van der Waals surface area contributed by atoms with Crippen molar-refractivity contribution in [1.82, 2.24) is 14.7 Å². The third-order valence-corrected chi connectivity index (χ3v) is 6.19. The number of anilines is 2. The van der Waals surface area contributed by atoms with Crippen LogP contribution in [0.25, 0.3) is 11.1 Å². The van der Waals surface area contributed by atoms with Crippen molar-refractivity contribution < 1.29 is 4.74 Å². The Balaban J connectivity index is 1.50. The molecule has 1 saturated carbocycles. The molecule has 2 fully saturated rings. The Hall–Kier alpha value is -2.21. The molecular weight excluding hydrogens is 326 g/mol. The fourth-order valence-electron chi connectivity index (χ4n) is 4.48. The van der Waals surface area contributed by atoms with Gasteiger partial charge >= 0.3 is 0 Å². The maximum Gasteiger partial charge on any atom is 0.143 e. The number of aromatic nitrogens is 2. The fraction of sp³-hybridized carbons (Fsp3) is 0.550. The molecule has 2 aliphatic heterocycles. The molecule has 1 aliphatic carbocycles. The minimum Gasteiger partial charge on any atom is -0.495 e. The largest absolute Gasteiger partial charge is 0.495 e. The summed E-state index contributed by atoms with van der Waals surface area (Å²) >= 11 is 0. The first-order chi connectivity index (χ1) is 12.6. The molecule has 26 heavy (non-hydrogen) atoms. The van der Waals surface area contributed by atoms with Crippen LogP contribution in [0.4, 0.5) is 11.4 Å². The lowest BCUT2D eigenvalue weighted by Crippen LogP contribution is -2.60. The smallest absolute Gasteiger partial charge is 0.143 e. The highest BCUT2D eigenvalue weighted by Gasteiger charge is 2.37. The third-order valence-electron chi connectivity index (χ3n) is 6.19. The molecule has 1 aromatic heterocycles. The van der Waals surface area contributed by atoms with Gasteiger partial charge in [-0.3, -0.25) is 9.58 Å². The van der Waals surface area contributed by atoms with Crippen molar-refractivity contribution in [3.63, 3.8) is 0 Å². The Kier molecular flexibility index (Phi) is 3.64. The van der Waals surface area contributed by atoms with Gasteiger partial charge in [0.25, 0.3) is 0 Å². The molecule has 0 unspecified atom stereocenters. The van der Waals surface area contributed by atoms with Crippen LogP contribution in [-0.4, -0.2) is 54.0 Å². The molecule has 0 spiro atoms. The summed E-state index contributed by atoms with van der Waals surface area (Å²) < 4.78 is 7.53. The first-order valence-electron chi connectivity index (χ1n) is 9.61. The highest BCUT2D eigenvalue weighted by molar-refractivity contribution is 5.86. The van der Waals surface area contributed by atoms with Gasteiger partial charge in [-0.25, -0.2) is 0 Å². The molecule has 5 rings (SSSR count). The van der Waals surface area contributed by atoms with Crippen LogP contribution in [-0.2, 0) is 13.5 Å². The van der Waals surface area contributed by atoms with E-state index in [1.807, 2.05) is 17.9 Å². The molecule has 3 heterocycles. The van der Waals surface area contributed by atoms with Crippen LogP contribution in [0.2, 0.25) is 0 Å². The van der Waals surface area contributed by atoms with Gasteiger partial charge in [0, 0.05) is 68.2 Å². The van der Waals surface area contributed by atoms with E-state index in [4.69, 9.17) is 10.5 Å². The molecule has 0 atom stereocenters. The van der Waals surface area contributed by atoms with Gasteiger partial charge in [-0.15, -0.1) is 0 Å². The third kappa shape index (κ3) is 2.55. The highest BCUT2D eigenvalue weighted by Crippen LogP contribution is 2.43. The number of ether oxygens (including phenoxy) is 1. The van der Waals surface area contributed by atoms with Gasteiger partial charge in [-0.05, 0) is 24.8 Å². The number of aryl methyl sites for hydroxylation is 1. The predicted molar refractivity (Wildman–Crippen MR) is 104 cm³/mol. The van der Waals surface area contributed by atoms with Crippen LogP contribution in [0.15, 0.2) is 18.3 Å². The van der Waals surface area contributed by atoms with Crippen molar-refractivity contribution in [3.8, 4) is 16.9 Å². The molecule has 138 valence electrons. The molecule has 0 radical (unpaired) electrons. The van der Waals surface area contributed by atoms with E-state index in [-0.39, 0.29) is 0 Å². The number of methoxy groups -OCH3 is 1. The zero-order chi connectivity index (χ0) is 17.8. The lowest BCUT2D eigenvalue weighted by molar-refractivity contribution is 0.138. The zero-order valence-corrected chi connectivity index (χ0v) is 15.6. The highest BCUT2D eigenvalue weighted by atomic mass is 16.5. The Bertz CT molecular complexity index is 835. The van der Waals surface area contributed by atoms with Crippen molar-refractivity contribution in [2.45, 2.75) is 25.3 Å². The second kappa shape index (κ2) is 5.91. The average molecular weight is 353 g/mol. The maximum absolute atomic E-state index is 6.24. The number of rotatable bonds is 4. The minimum atomic E-state index is 0.572. The van der Waals surface area contributed by atoms with Crippen molar-refractivity contribution >= 4 is 11.4 Å². The predicted octanol–water partition coefficient (Wildman–Crippen LogP) is 2.13. The van der Waals surface area contributed by atoms with Gasteiger partial charge < -0.3 is 15.4 Å². The fourth-order valence-corrected chi connectivity index (χ4v) is 4.48. The number of benzene rings is 1. The Morgan fingerprint density at radius 1 is 1.23 bits per heavy atom. The normalized spacial score (nSPS) is 20.3. The van der Waals surface area contributed by atoms with Gasteiger partial charge in [-0.1, -0.05) is 0 Å². The van der Waals surface area contributed by atoms with Gasteiger partial charge in [0.2, 0.25) is 0 Å². The number of fused-ring (bicyclic) bond motifs is 3. The molecular formula is C20H27N5O. The lowest BCUT2D eigenvalue weighted by Gasteiger charge is -2.47. The van der Waals surface area contributed by atoms with E-state index in [1.165, 1.54) is 41.9 Å². The summed E-state index contributed by atoms with van der Waals surface area (Å²) in [5.74, 6) is 1.72. The number of likely N-dealkylation sites (tertiary alicyclic amines) is 1. The van der Waals surface area contributed by atoms with E-state index >= 15 is 0 Å². The van der Waals surface area contributed by atoms with Crippen LogP contribution < -0.4 is 15.4 Å². The Morgan fingerprint density at radius 2 is 2.04 bits per heavy atom. The number of hydrogen-bond donors (Lipinski definition) is 1. The lowest BCUT2D eigenvalue weighted by atomic mass is 10.0. The number of nitrogen functional groups attached to an aromatic ring is 1. The summed E-state index contributed by atoms with van der Waals surface area (Å²) in [6.07, 6.45) is 5.82. The van der Waals surface area contributed by atoms with Crippen LogP contribution in [0.3, 0.4) is 0 Å². The standard InChI is InChI=1S/C20H27N5O/c1-23-18-5-6-25(14-11-24(12-14)10-13-3-4-13)19-8-20(26-2)17(21)7-15(19)16(18)9-22-23/h7-9,13-14H,3-6,10-12,21H2,1-2H3. The Labute approximate surface area is 154 Å². The number of nitrogens with zero attached hydrogens (tertiary/aromatic N) is 4. The van der Waals surface area contributed by atoms with E-state index in [0.717, 1.165) is 37.7 Å². The van der Waals surface area contributed by atoms with Crippen molar-refractivity contribution in [3.05, 3.63) is 24.0 Å². The second-order valence-corrected chi connectivity index (χ2v) is 8.00. The van der Waals surface area contributed by atoms with Gasteiger partial charge in [-0.2, -0.15) is 5.10 Å². The van der Waals surface area contributed by atoms with Crippen molar-refractivity contribution in [2.24, 2.45) is 13.0 Å². The van der Waals surface area contributed by atoms with E-state index in [2.05, 4.69) is 27.0 Å². The van der Waals surface area contributed by atoms with Gasteiger partial charge in [0.1, 0.15) is 5.75 Å². The summed E-state index contributed by atoms with van der Waals surface area (Å²) in [4.78, 5) is 5.18. The van der Waals surface area contributed by atoms with E-state index in [1.54, 1.807) is 7.11 Å². The topological polar surface area (TPSA) is 59.6 Å². The van der Waals surface area contributed by atoms with E-state index < -0.39 is 0 Å². The number of hydrogen-bond acceptors (Lipinski definition) is 5. The summed E-state index contributed by atoms with van der Waals surface area (Å²) in [5.41, 5.74) is 11.8. The SMILES string of the molecule is COc1cc2c(cc1N)-c1cnn(C)c1CCN2C1CN(CC2CC2)C1. The molecule has 2 N–H and O–H groups in total. The molecule has 1 saturated heterocycles. The second-order valence-electron chi connectivity index (χ2n) is 8.00. The van der Waals surface area contributed by atoms with Crippen molar-refractivity contribution in [1.29, 1.82) is 0 Å². The van der Waals surface area contributed by atoms with Gasteiger partial charge in [0.15, 0.2) is 0 Å². The van der Waals surface area contributed by atoms with Crippen LogP contribution >= 0.6 is 0 Å². The molecule has 6 heteroatoms. The van der Waals surface area contributed by atoms with Crippen LogP contribution in [0.1, 0.15) is 18.5 Å². The Morgan fingerprint density at radius 3 is 2.77 bits per heavy atom. The summed E-state index contributed by atoms with van der Waals surface area (Å²) in [7, 11) is 3.72. The summed E-state index contributed by atoms with van der Waals surface area (Å²) in [6.45, 7) is 4.62. The van der Waals surface area contributed by atoms with Crippen LogP contribution in [0, 0.1) is 5.92 Å². The zero-order valence-electron chi connectivity index (χ0n) is 15.6. The van der Waals surface area contributed by atoms with Crippen LogP contribution in [0.5, 0.6) is 5.75 Å². The molecule has 6 nitrogen and oxygen atoms in total. The van der Waals surface area contributed by atoms with E-state index in [9.17, 15) is 0 Å². The van der Waals surface area contributed by atoms with Gasteiger partial charge in [0.05, 0.1) is 25.0 Å². The summed E-state index contributed by atoms with van der Waals surface area (Å²) in [5, 5.41) is 4.48. The summed E-state index contributed by atoms with van der Waals surface area (Å²) in [6, 6.07) is 4.76. The molecule has 0 amide bonds. The molecule has 0 bridgehead atoms. The van der Waals surface area contributed by atoms with E-state index in [0.29, 0.717) is 11.7 Å². The molecule has 3 aliphatic rings. The number of nitrogens with two attached hydrogens (primary N) is 1. The molecule has 2 aromatic rings. The monoisotopic (exact) mass is 353 g/mol. The molecule has 1 aromatic carbocycles. The first-order valence-corrected chi connectivity index (χ1v) is 9.61.